The van der Waals surface area contributed by atoms with Gasteiger partial charge in [0.05, 0.1) is 16.1 Å². The van der Waals surface area contributed by atoms with E-state index in [2.05, 4.69) is 47.9 Å². The largest absolute Gasteiger partial charge is 0.346 e. The summed E-state index contributed by atoms with van der Waals surface area (Å²) in [6, 6.07) is 8.39. The molecule has 6 nitrogen and oxygen atoms in total. The minimum atomic E-state index is 0.255. The zero-order valence-electron chi connectivity index (χ0n) is 18.5. The Labute approximate surface area is 187 Å². The van der Waals surface area contributed by atoms with Gasteiger partial charge in [-0.1, -0.05) is 42.7 Å². The molecule has 0 unspecified atom stereocenters. The molecule has 0 N–H and O–H groups in total. The fourth-order valence-corrected chi connectivity index (χ4v) is 5.97. The molecule has 3 aromatic rings. The topological polar surface area (TPSA) is 54.3 Å². The molecule has 2 aliphatic rings. The molecule has 1 aliphatic carbocycles. The van der Waals surface area contributed by atoms with E-state index in [1.807, 2.05) is 4.68 Å². The normalized spacial score (nSPS) is 18.5. The van der Waals surface area contributed by atoms with Crippen molar-refractivity contribution in [1.82, 2.24) is 19.7 Å². The van der Waals surface area contributed by atoms with Gasteiger partial charge in [-0.05, 0) is 50.8 Å². The lowest BCUT2D eigenvalue weighted by Crippen LogP contribution is -2.39. The quantitative estimate of drug-likeness (QED) is 0.595. The van der Waals surface area contributed by atoms with Crippen molar-refractivity contribution in [3.05, 3.63) is 35.5 Å². The van der Waals surface area contributed by atoms with Crippen molar-refractivity contribution in [2.24, 2.45) is 5.92 Å². The van der Waals surface area contributed by atoms with E-state index in [0.717, 1.165) is 72.3 Å². The molecule has 0 bridgehead atoms. The monoisotopic (exact) mass is 437 g/mol. The smallest absolute Gasteiger partial charge is 0.225 e. The second-order valence-corrected chi connectivity index (χ2v) is 9.96. The van der Waals surface area contributed by atoms with Crippen LogP contribution in [0.15, 0.2) is 24.3 Å². The summed E-state index contributed by atoms with van der Waals surface area (Å²) in [7, 11) is 0. The van der Waals surface area contributed by atoms with Crippen LogP contribution in [0.3, 0.4) is 0 Å². The van der Waals surface area contributed by atoms with Gasteiger partial charge in [0.15, 0.2) is 10.8 Å². The molecular formula is C24H31N5OS. The molecule has 0 spiro atoms. The third kappa shape index (κ3) is 4.07. The molecule has 0 atom stereocenters. The molecule has 0 radical (unpaired) electrons. The first kappa shape index (κ1) is 20.5. The van der Waals surface area contributed by atoms with Gasteiger partial charge in [0.1, 0.15) is 0 Å². The molecule has 164 valence electrons. The van der Waals surface area contributed by atoms with Crippen molar-refractivity contribution in [3.8, 4) is 5.69 Å². The molecule has 1 aromatic carbocycles. The van der Waals surface area contributed by atoms with Crippen LogP contribution in [0.4, 0.5) is 5.13 Å². The predicted molar refractivity (Wildman–Crippen MR) is 126 cm³/mol. The second kappa shape index (κ2) is 8.61. The summed E-state index contributed by atoms with van der Waals surface area (Å²) in [4.78, 5) is 22.5. The van der Waals surface area contributed by atoms with Crippen LogP contribution in [-0.2, 0) is 4.79 Å². The molecule has 1 saturated heterocycles. The van der Waals surface area contributed by atoms with Gasteiger partial charge in [0, 0.05) is 32.1 Å². The maximum atomic E-state index is 13.0. The molecule has 1 aliphatic heterocycles. The Hall–Kier alpha value is -2.41. The number of carbonyl (C=O) groups excluding carboxylic acids is 1. The zero-order valence-corrected chi connectivity index (χ0v) is 19.3. The highest BCUT2D eigenvalue weighted by molar-refractivity contribution is 7.22. The Morgan fingerprint density at radius 2 is 1.87 bits per heavy atom. The number of rotatable bonds is 3. The summed E-state index contributed by atoms with van der Waals surface area (Å²) in [6.45, 7) is 7.62. The van der Waals surface area contributed by atoms with Crippen molar-refractivity contribution >= 4 is 32.7 Å². The number of hydrogen-bond donors (Lipinski definition) is 0. The molecule has 2 fully saturated rings. The number of nitrogens with zero attached hydrogens (tertiary/aromatic N) is 5. The molecule has 1 amide bonds. The lowest BCUT2D eigenvalue weighted by molar-refractivity contribution is -0.136. The molecule has 7 heteroatoms. The van der Waals surface area contributed by atoms with Crippen molar-refractivity contribution < 1.29 is 4.79 Å². The Morgan fingerprint density at radius 3 is 2.68 bits per heavy atom. The van der Waals surface area contributed by atoms with Gasteiger partial charge in [-0.2, -0.15) is 10.1 Å². The van der Waals surface area contributed by atoms with Gasteiger partial charge < -0.3 is 9.80 Å². The number of benzene rings is 1. The van der Waals surface area contributed by atoms with Gasteiger partial charge in [-0.3, -0.25) is 4.79 Å². The van der Waals surface area contributed by atoms with Crippen molar-refractivity contribution in [2.45, 2.75) is 52.4 Å². The summed E-state index contributed by atoms with van der Waals surface area (Å²) in [5, 5.41) is 5.79. The standard InChI is InChI=1S/C24H31N5OS/c1-17-8-6-11-20(16-17)29-22-21(18(2)26-29)31-24(25-22)28-13-7-12-27(14-15-28)23(30)19-9-4-3-5-10-19/h6,8,11,16,19H,3-5,7,9-10,12-15H2,1-2H3. The van der Waals surface area contributed by atoms with E-state index in [9.17, 15) is 4.79 Å². The van der Waals surface area contributed by atoms with Crippen LogP contribution in [0.5, 0.6) is 0 Å². The van der Waals surface area contributed by atoms with Crippen LogP contribution in [0.25, 0.3) is 16.0 Å². The third-order valence-electron chi connectivity index (χ3n) is 6.66. The van der Waals surface area contributed by atoms with Crippen LogP contribution in [-0.4, -0.2) is 51.8 Å². The first-order valence-electron chi connectivity index (χ1n) is 11.6. The lowest BCUT2D eigenvalue weighted by Gasteiger charge is -2.28. The maximum Gasteiger partial charge on any atom is 0.225 e. The van der Waals surface area contributed by atoms with E-state index in [1.165, 1.54) is 24.8 Å². The minimum Gasteiger partial charge on any atom is -0.346 e. The number of anilines is 1. The van der Waals surface area contributed by atoms with Crippen LogP contribution in [0.2, 0.25) is 0 Å². The van der Waals surface area contributed by atoms with E-state index in [4.69, 9.17) is 10.1 Å². The minimum absolute atomic E-state index is 0.255. The molecule has 31 heavy (non-hydrogen) atoms. The molecule has 5 rings (SSSR count). The number of carbonyl (C=O) groups is 1. The number of amides is 1. The first-order valence-corrected chi connectivity index (χ1v) is 12.4. The fraction of sp³-hybridized carbons (Fsp3) is 0.542. The van der Waals surface area contributed by atoms with E-state index >= 15 is 0 Å². The zero-order chi connectivity index (χ0) is 21.4. The van der Waals surface area contributed by atoms with Gasteiger partial charge in [-0.15, -0.1) is 0 Å². The van der Waals surface area contributed by atoms with E-state index in [1.54, 1.807) is 11.3 Å². The Kier molecular flexibility index (Phi) is 5.69. The van der Waals surface area contributed by atoms with Crippen LogP contribution in [0.1, 0.15) is 49.8 Å². The average Bonchev–Trinajstić information content (AvgIpc) is 3.25. The van der Waals surface area contributed by atoms with Gasteiger partial charge >= 0.3 is 0 Å². The maximum absolute atomic E-state index is 13.0. The summed E-state index contributed by atoms with van der Waals surface area (Å²) in [5.41, 5.74) is 4.21. The number of hydrogen-bond acceptors (Lipinski definition) is 5. The highest BCUT2D eigenvalue weighted by atomic mass is 32.1. The Bertz CT molecular complexity index is 1080. The number of fused-ring (bicyclic) bond motifs is 1. The van der Waals surface area contributed by atoms with E-state index < -0.39 is 0 Å². The van der Waals surface area contributed by atoms with E-state index in [-0.39, 0.29) is 5.92 Å². The van der Waals surface area contributed by atoms with Gasteiger partial charge in [-0.25, -0.2) is 4.68 Å². The van der Waals surface area contributed by atoms with Crippen molar-refractivity contribution in [2.75, 3.05) is 31.1 Å². The Balaban J connectivity index is 1.35. The molecular weight excluding hydrogens is 406 g/mol. The van der Waals surface area contributed by atoms with Gasteiger partial charge in [0.2, 0.25) is 5.91 Å². The lowest BCUT2D eigenvalue weighted by atomic mass is 9.88. The molecule has 1 saturated carbocycles. The SMILES string of the molecule is Cc1cccc(-n2nc(C)c3sc(N4CCCN(C(=O)C5CCCCC5)CC4)nc32)c1. The average molecular weight is 438 g/mol. The Morgan fingerprint density at radius 1 is 1.03 bits per heavy atom. The molecule has 3 heterocycles. The van der Waals surface area contributed by atoms with Crippen molar-refractivity contribution in [3.63, 3.8) is 0 Å². The number of thiazole rings is 1. The summed E-state index contributed by atoms with van der Waals surface area (Å²) in [5.74, 6) is 0.641. The first-order chi connectivity index (χ1) is 15.1. The third-order valence-corrected chi connectivity index (χ3v) is 7.87. The number of aromatic nitrogens is 3. The summed E-state index contributed by atoms with van der Waals surface area (Å²) >= 11 is 1.73. The summed E-state index contributed by atoms with van der Waals surface area (Å²) in [6.07, 6.45) is 6.85. The van der Waals surface area contributed by atoms with Crippen LogP contribution in [0, 0.1) is 19.8 Å². The van der Waals surface area contributed by atoms with Crippen LogP contribution < -0.4 is 4.90 Å². The fourth-order valence-electron chi connectivity index (χ4n) is 4.93. The predicted octanol–water partition coefficient (Wildman–Crippen LogP) is 4.72. The number of aryl methyl sites for hydroxylation is 2. The van der Waals surface area contributed by atoms with Gasteiger partial charge in [0.25, 0.3) is 0 Å². The highest BCUT2D eigenvalue weighted by Crippen LogP contribution is 2.33. The summed E-state index contributed by atoms with van der Waals surface area (Å²) < 4.78 is 3.12. The van der Waals surface area contributed by atoms with E-state index in [0.29, 0.717) is 5.91 Å². The molecule has 2 aromatic heterocycles. The highest BCUT2D eigenvalue weighted by Gasteiger charge is 2.28. The van der Waals surface area contributed by atoms with Crippen LogP contribution >= 0.6 is 11.3 Å². The second-order valence-electron chi connectivity index (χ2n) is 8.99. The van der Waals surface area contributed by atoms with Crippen molar-refractivity contribution in [1.29, 1.82) is 0 Å².